The molecule has 3 aliphatic rings. The molecule has 3 heterocycles. The molecule has 4 aromatic carbocycles. The fraction of sp³-hybridized carbons (Fsp3) is 0.373. The number of aliphatic hydroxyl groups excluding tert-OH is 2. The maximum atomic E-state index is 14.6. The van der Waals surface area contributed by atoms with Gasteiger partial charge in [-0.15, -0.1) is 0 Å². The van der Waals surface area contributed by atoms with Gasteiger partial charge in [-0.2, -0.15) is 0 Å². The Labute approximate surface area is 383 Å². The van der Waals surface area contributed by atoms with Crippen LogP contribution in [0, 0.1) is 30.6 Å². The zero-order chi connectivity index (χ0) is 48.2. The summed E-state index contributed by atoms with van der Waals surface area (Å²) in [5.74, 6) is -8.88. The number of ketones is 1. The van der Waals surface area contributed by atoms with Gasteiger partial charge in [0.1, 0.15) is 23.4 Å². The second-order valence-electron chi connectivity index (χ2n) is 17.2. The molecule has 4 aromatic rings. The Morgan fingerprint density at radius 1 is 0.848 bits per heavy atom. The molecule has 0 spiro atoms. The average molecular weight is 907 g/mol. The third kappa shape index (κ3) is 9.64. The first-order valence-electron chi connectivity index (χ1n) is 21.7. The Morgan fingerprint density at radius 2 is 1.47 bits per heavy atom. The van der Waals surface area contributed by atoms with E-state index in [1.807, 2.05) is 60.7 Å². The highest BCUT2D eigenvalue weighted by Gasteiger charge is 2.50. The Bertz CT molecular complexity index is 2530. The van der Waals surface area contributed by atoms with Crippen LogP contribution in [0.1, 0.15) is 87.2 Å². The molecule has 3 aliphatic heterocycles. The SMILES string of the molecule is CO[C@H]1/C=C/O[C@@]2(C)Oc3c(C)c(O)c4c(O)c(c(/C=N/OC(c5ccccc5)c5ccccc5)c(O)c4c3C2=O)NC(=O)/C(C)=C\C=C\[C@@H](C)[C@H](O)[C@@H](C)[C@@H](O)[C@@H](C)[C@H](OC(C)=O)[C@@H]1C. The highest BCUT2D eigenvalue weighted by molar-refractivity contribution is 6.23. The molecule has 9 atom stereocenters. The predicted octanol–water partition coefficient (Wildman–Crippen LogP) is 7.89. The van der Waals surface area contributed by atoms with Gasteiger partial charge in [-0.3, -0.25) is 14.4 Å². The van der Waals surface area contributed by atoms with Crippen LogP contribution < -0.4 is 10.1 Å². The average Bonchev–Trinajstić information content (AvgIpc) is 3.57. The van der Waals surface area contributed by atoms with E-state index in [0.29, 0.717) is 0 Å². The van der Waals surface area contributed by atoms with Crippen molar-refractivity contribution in [2.45, 2.75) is 91.7 Å². The number of fused-ring (bicyclic) bond motifs is 14. The molecule has 0 fully saturated rings. The van der Waals surface area contributed by atoms with Crippen LogP contribution in [-0.2, 0) is 28.6 Å². The van der Waals surface area contributed by atoms with E-state index in [-0.39, 0.29) is 44.5 Å². The van der Waals surface area contributed by atoms with Crippen molar-refractivity contribution in [1.29, 1.82) is 0 Å². The maximum Gasteiger partial charge on any atom is 0.312 e. The summed E-state index contributed by atoms with van der Waals surface area (Å²) in [5.41, 5.74) is 0.756. The summed E-state index contributed by atoms with van der Waals surface area (Å²) in [4.78, 5) is 47.0. The van der Waals surface area contributed by atoms with E-state index in [4.69, 9.17) is 23.8 Å². The minimum absolute atomic E-state index is 0.0184. The number of aromatic hydroxyl groups is 3. The molecule has 15 heteroatoms. The van der Waals surface area contributed by atoms with Crippen molar-refractivity contribution >= 4 is 40.3 Å². The van der Waals surface area contributed by atoms with E-state index in [9.17, 15) is 39.9 Å². The van der Waals surface area contributed by atoms with E-state index in [1.54, 1.807) is 39.8 Å². The van der Waals surface area contributed by atoms with Crippen molar-refractivity contribution < 1.29 is 63.7 Å². The van der Waals surface area contributed by atoms with Gasteiger partial charge in [-0.1, -0.05) is 112 Å². The quantitative estimate of drug-likeness (QED) is 0.0342. The van der Waals surface area contributed by atoms with Crippen molar-refractivity contribution in [2.75, 3.05) is 12.4 Å². The first kappa shape index (κ1) is 48.8. The number of hydrogen-bond donors (Lipinski definition) is 6. The maximum absolute atomic E-state index is 14.6. The third-order valence-corrected chi connectivity index (χ3v) is 12.6. The van der Waals surface area contributed by atoms with Gasteiger partial charge in [0.05, 0.1) is 53.0 Å². The number of aliphatic hydroxyl groups is 2. The second-order valence-corrected chi connectivity index (χ2v) is 17.2. The number of benzene rings is 4. The molecule has 66 heavy (non-hydrogen) atoms. The Balaban J connectivity index is 1.53. The molecule has 0 unspecified atom stereocenters. The molecule has 350 valence electrons. The van der Waals surface area contributed by atoms with Crippen LogP contribution in [0.25, 0.3) is 10.8 Å². The molecular formula is C51H58N2O13. The summed E-state index contributed by atoms with van der Waals surface area (Å²) in [6, 6.07) is 18.5. The van der Waals surface area contributed by atoms with Gasteiger partial charge in [0.25, 0.3) is 11.7 Å². The molecular weight excluding hydrogens is 849 g/mol. The number of methoxy groups -OCH3 is 1. The molecule has 0 saturated heterocycles. The van der Waals surface area contributed by atoms with Gasteiger partial charge in [-0.25, -0.2) is 0 Å². The van der Waals surface area contributed by atoms with Gasteiger partial charge < -0.3 is 54.6 Å². The fourth-order valence-corrected chi connectivity index (χ4v) is 8.59. The second kappa shape index (κ2) is 20.2. The number of hydrogen-bond acceptors (Lipinski definition) is 14. The number of allylic oxidation sites excluding steroid dienone is 2. The molecule has 6 N–H and O–H groups in total. The van der Waals surface area contributed by atoms with Crippen LogP contribution in [-0.4, -0.2) is 86.7 Å². The van der Waals surface area contributed by atoms with Crippen molar-refractivity contribution in [3.8, 4) is 23.0 Å². The highest BCUT2D eigenvalue weighted by Crippen LogP contribution is 2.55. The van der Waals surface area contributed by atoms with E-state index in [0.717, 1.165) is 17.3 Å². The number of carbonyl (C=O) groups excluding carboxylic acids is 3. The molecule has 15 nitrogen and oxygen atoms in total. The van der Waals surface area contributed by atoms with Gasteiger partial charge in [0, 0.05) is 61.2 Å². The number of rotatable bonds is 7. The predicted molar refractivity (Wildman–Crippen MR) is 247 cm³/mol. The number of phenolic OH excluding ortho intramolecular Hbond substituents is 3. The van der Waals surface area contributed by atoms with E-state index >= 15 is 0 Å². The zero-order valence-corrected chi connectivity index (χ0v) is 38.4. The van der Waals surface area contributed by atoms with E-state index in [2.05, 4.69) is 10.5 Å². The topological polar surface area (TPSA) is 223 Å². The van der Waals surface area contributed by atoms with Crippen LogP contribution in [0.5, 0.6) is 23.0 Å². The van der Waals surface area contributed by atoms with Crippen LogP contribution in [0.3, 0.4) is 0 Å². The Morgan fingerprint density at radius 3 is 2.06 bits per heavy atom. The van der Waals surface area contributed by atoms with Crippen molar-refractivity contribution in [2.24, 2.45) is 28.8 Å². The first-order chi connectivity index (χ1) is 31.3. The Hall–Kier alpha value is -6.68. The van der Waals surface area contributed by atoms with Gasteiger partial charge in [0.15, 0.2) is 11.9 Å². The van der Waals surface area contributed by atoms with Crippen LogP contribution >= 0.6 is 0 Å². The number of Topliss-reactive ketones (excluding diaryl/α,β-unsaturated/α-hetero) is 1. The zero-order valence-electron chi connectivity index (χ0n) is 38.4. The van der Waals surface area contributed by atoms with Crippen LogP contribution in [0.2, 0.25) is 0 Å². The van der Waals surface area contributed by atoms with Gasteiger partial charge in [0.2, 0.25) is 0 Å². The smallest absolute Gasteiger partial charge is 0.312 e. The number of nitrogens with one attached hydrogen (secondary N) is 1. The van der Waals surface area contributed by atoms with Crippen molar-refractivity contribution in [3.63, 3.8) is 0 Å². The van der Waals surface area contributed by atoms with E-state index in [1.165, 1.54) is 53.2 Å². The number of nitrogens with zero attached hydrogens (tertiary/aromatic N) is 1. The number of amides is 1. The van der Waals surface area contributed by atoms with Crippen molar-refractivity contribution in [3.05, 3.63) is 125 Å². The molecule has 7 rings (SSSR count). The third-order valence-electron chi connectivity index (χ3n) is 12.6. The summed E-state index contributed by atoms with van der Waals surface area (Å²) in [7, 11) is 1.43. The molecule has 5 bridgehead atoms. The highest BCUT2D eigenvalue weighted by atomic mass is 16.7. The molecule has 1 amide bonds. The summed E-state index contributed by atoms with van der Waals surface area (Å²) in [6.45, 7) is 12.4. The molecule has 0 saturated carbocycles. The lowest BCUT2D eigenvalue weighted by Crippen LogP contribution is -2.46. The minimum atomic E-state index is -2.10. The number of anilines is 1. The monoisotopic (exact) mass is 906 g/mol. The number of ether oxygens (including phenoxy) is 4. The molecule has 0 aromatic heterocycles. The number of carbonyl (C=O) groups is 3. The summed E-state index contributed by atoms with van der Waals surface area (Å²) in [5, 5.41) is 65.3. The molecule has 0 aliphatic carbocycles. The standard InChI is InChI=1S/C51H58N2O13/c1-26-17-16-18-27(2)50(61)53-40-35(25-52-66-48(33-19-12-10-13-20-33)34-21-14-11-15-22-34)44(58)37-38(45(40)59)43(57)31(6)47-39(37)49(60)51(8,65-47)63-24-23-36(62-9)28(3)46(64-32(7)54)30(5)42(56)29(4)41(26)55/h10-26,28-30,36,41-42,46,48,55-59H,1-9H3,(H,53,61)/b17-16+,24-23+,27-18-,52-25+/t26-,28-,29-,30-,36+,41+,42-,46-,51+/m1/s1. The minimum Gasteiger partial charge on any atom is -0.507 e. The number of esters is 1. The fourth-order valence-electron chi connectivity index (χ4n) is 8.59. The first-order valence-corrected chi connectivity index (χ1v) is 21.7. The number of oxime groups is 1. The number of phenols is 3. The normalized spacial score (nSPS) is 28.1. The summed E-state index contributed by atoms with van der Waals surface area (Å²) < 4.78 is 23.7. The van der Waals surface area contributed by atoms with E-state index < -0.39 is 94.9 Å². The van der Waals surface area contributed by atoms with Gasteiger partial charge in [-0.05, 0) is 31.1 Å². The van der Waals surface area contributed by atoms with Crippen LogP contribution in [0.4, 0.5) is 5.69 Å². The lowest BCUT2D eigenvalue weighted by atomic mass is 9.78. The summed E-state index contributed by atoms with van der Waals surface area (Å²) >= 11 is 0. The lowest BCUT2D eigenvalue weighted by molar-refractivity contribution is -0.160. The molecule has 0 radical (unpaired) electrons. The van der Waals surface area contributed by atoms with Crippen molar-refractivity contribution in [1.82, 2.24) is 0 Å². The largest absolute Gasteiger partial charge is 0.507 e. The van der Waals surface area contributed by atoms with Crippen LogP contribution in [0.15, 0.2) is 102 Å². The van der Waals surface area contributed by atoms with Gasteiger partial charge >= 0.3 is 11.8 Å². The lowest BCUT2D eigenvalue weighted by Gasteiger charge is -2.38. The Kier molecular flexibility index (Phi) is 14.9. The summed E-state index contributed by atoms with van der Waals surface area (Å²) in [6.07, 6.45) is 3.74.